The zero-order valence-electron chi connectivity index (χ0n) is 8.91. The first-order valence-corrected chi connectivity index (χ1v) is 6.03. The van der Waals surface area contributed by atoms with Crippen molar-refractivity contribution < 1.29 is 5.11 Å². The van der Waals surface area contributed by atoms with E-state index >= 15 is 0 Å². The predicted molar refractivity (Wildman–Crippen MR) is 66.9 cm³/mol. The highest BCUT2D eigenvalue weighted by Gasteiger charge is 2.20. The number of aliphatic hydroxyl groups is 1. The predicted octanol–water partition coefficient (Wildman–Crippen LogP) is 3.86. The monoisotopic (exact) mass is 232 g/mol. The highest BCUT2D eigenvalue weighted by atomic mass is 35.5. The largest absolute Gasteiger partial charge is 0.388 e. The van der Waals surface area contributed by atoms with Crippen molar-refractivity contribution in [2.24, 2.45) is 0 Å². The summed E-state index contributed by atoms with van der Waals surface area (Å²) in [5.41, 5.74) is 2.30. The Morgan fingerprint density at radius 1 is 1.19 bits per heavy atom. The first-order valence-electron chi connectivity index (χ1n) is 5.65. The Balaban J connectivity index is 2.38. The Kier molecular flexibility index (Phi) is 2.38. The molecule has 0 saturated heterocycles. The van der Waals surface area contributed by atoms with Gasteiger partial charge in [0, 0.05) is 10.4 Å². The van der Waals surface area contributed by atoms with Crippen LogP contribution in [-0.2, 0) is 6.42 Å². The van der Waals surface area contributed by atoms with E-state index in [0.717, 1.165) is 35.2 Å². The molecule has 0 radical (unpaired) electrons. The fourth-order valence-corrected chi connectivity index (χ4v) is 2.90. The lowest BCUT2D eigenvalue weighted by molar-refractivity contribution is 0.157. The van der Waals surface area contributed by atoms with Crippen LogP contribution in [0.5, 0.6) is 0 Å². The lowest BCUT2D eigenvalue weighted by Crippen LogP contribution is -2.09. The minimum Gasteiger partial charge on any atom is -0.388 e. The summed E-state index contributed by atoms with van der Waals surface area (Å²) in [6.07, 6.45) is 2.61. The second-order valence-corrected chi connectivity index (χ2v) is 4.79. The molecule has 1 atom stereocenters. The molecule has 1 N–H and O–H groups in total. The molecule has 2 heteroatoms. The van der Waals surface area contributed by atoms with Crippen molar-refractivity contribution in [1.82, 2.24) is 0 Å². The third-order valence-electron chi connectivity index (χ3n) is 3.40. The van der Waals surface area contributed by atoms with Crippen LogP contribution in [0, 0.1) is 0 Å². The SMILES string of the molecule is OC1CCCc2c1cc(Cl)c1ccccc21. The average Bonchev–Trinajstić information content (AvgIpc) is 2.31. The number of halogens is 1. The van der Waals surface area contributed by atoms with E-state index in [0.29, 0.717) is 0 Å². The molecule has 2 aromatic carbocycles. The van der Waals surface area contributed by atoms with Crippen molar-refractivity contribution in [2.75, 3.05) is 0 Å². The summed E-state index contributed by atoms with van der Waals surface area (Å²) < 4.78 is 0. The normalized spacial score (nSPS) is 19.8. The number of aliphatic hydroxyl groups excluding tert-OH is 1. The van der Waals surface area contributed by atoms with Crippen LogP contribution in [0.3, 0.4) is 0 Å². The van der Waals surface area contributed by atoms with Crippen LogP contribution in [0.4, 0.5) is 0 Å². The first-order chi connectivity index (χ1) is 7.77. The van der Waals surface area contributed by atoms with Gasteiger partial charge in [0.25, 0.3) is 0 Å². The van der Waals surface area contributed by atoms with Gasteiger partial charge >= 0.3 is 0 Å². The van der Waals surface area contributed by atoms with E-state index in [-0.39, 0.29) is 6.10 Å². The molecular weight excluding hydrogens is 220 g/mol. The second-order valence-electron chi connectivity index (χ2n) is 4.38. The number of rotatable bonds is 0. The highest BCUT2D eigenvalue weighted by molar-refractivity contribution is 6.35. The van der Waals surface area contributed by atoms with Crippen molar-refractivity contribution in [1.29, 1.82) is 0 Å². The molecule has 0 aliphatic heterocycles. The van der Waals surface area contributed by atoms with Crippen molar-refractivity contribution in [3.63, 3.8) is 0 Å². The topological polar surface area (TPSA) is 20.2 Å². The van der Waals surface area contributed by atoms with Crippen molar-refractivity contribution in [2.45, 2.75) is 25.4 Å². The first kappa shape index (κ1) is 10.1. The van der Waals surface area contributed by atoms with Gasteiger partial charge in [-0.1, -0.05) is 35.9 Å². The summed E-state index contributed by atoms with van der Waals surface area (Å²) >= 11 is 6.25. The van der Waals surface area contributed by atoms with Crippen LogP contribution in [0.15, 0.2) is 30.3 Å². The van der Waals surface area contributed by atoms with Gasteiger partial charge in [-0.25, -0.2) is 0 Å². The molecule has 0 saturated carbocycles. The van der Waals surface area contributed by atoms with Gasteiger partial charge in [-0.05, 0) is 41.8 Å². The summed E-state index contributed by atoms with van der Waals surface area (Å²) in [4.78, 5) is 0. The van der Waals surface area contributed by atoms with E-state index in [1.807, 2.05) is 24.3 Å². The molecule has 1 aliphatic rings. The Bertz CT molecular complexity index is 548. The summed E-state index contributed by atoms with van der Waals surface area (Å²) in [6, 6.07) is 10.1. The minimum atomic E-state index is -0.342. The molecule has 3 rings (SSSR count). The van der Waals surface area contributed by atoms with E-state index in [9.17, 15) is 5.11 Å². The van der Waals surface area contributed by atoms with Gasteiger partial charge in [-0.2, -0.15) is 0 Å². The lowest BCUT2D eigenvalue weighted by atomic mass is 9.86. The van der Waals surface area contributed by atoms with Gasteiger partial charge in [0.2, 0.25) is 0 Å². The van der Waals surface area contributed by atoms with E-state index in [1.54, 1.807) is 0 Å². The van der Waals surface area contributed by atoms with E-state index < -0.39 is 0 Å². The standard InChI is InChI=1S/C14H13ClO/c15-13-8-12-10(6-3-7-14(12)16)9-4-1-2-5-11(9)13/h1-2,4-5,8,14,16H,3,6-7H2. The third kappa shape index (κ3) is 1.43. The minimum absolute atomic E-state index is 0.342. The van der Waals surface area contributed by atoms with Crippen molar-refractivity contribution in [3.05, 3.63) is 46.5 Å². The molecule has 1 aliphatic carbocycles. The number of fused-ring (bicyclic) bond motifs is 3. The summed E-state index contributed by atoms with van der Waals surface area (Å²) in [7, 11) is 0. The fraction of sp³-hybridized carbons (Fsp3) is 0.286. The summed E-state index contributed by atoms with van der Waals surface area (Å²) in [5.74, 6) is 0. The zero-order valence-corrected chi connectivity index (χ0v) is 9.67. The fourth-order valence-electron chi connectivity index (χ4n) is 2.62. The number of aryl methyl sites for hydroxylation is 1. The van der Waals surface area contributed by atoms with Crippen LogP contribution in [0.25, 0.3) is 10.8 Å². The summed E-state index contributed by atoms with van der Waals surface area (Å²) in [5, 5.41) is 13.0. The molecule has 1 nitrogen and oxygen atoms in total. The zero-order chi connectivity index (χ0) is 11.1. The van der Waals surface area contributed by atoms with Gasteiger partial charge in [-0.3, -0.25) is 0 Å². The average molecular weight is 233 g/mol. The summed E-state index contributed by atoms with van der Waals surface area (Å²) in [6.45, 7) is 0. The Morgan fingerprint density at radius 3 is 2.75 bits per heavy atom. The number of hydrogen-bond donors (Lipinski definition) is 1. The van der Waals surface area contributed by atoms with E-state index in [2.05, 4.69) is 6.07 Å². The molecule has 0 amide bonds. The molecule has 0 fully saturated rings. The Hall–Kier alpha value is -1.05. The maximum atomic E-state index is 9.99. The molecule has 0 bridgehead atoms. The Morgan fingerprint density at radius 2 is 1.94 bits per heavy atom. The molecule has 16 heavy (non-hydrogen) atoms. The van der Waals surface area contributed by atoms with Crippen LogP contribution >= 0.6 is 11.6 Å². The molecular formula is C14H13ClO. The smallest absolute Gasteiger partial charge is 0.0793 e. The van der Waals surface area contributed by atoms with Gasteiger partial charge in [0.1, 0.15) is 0 Å². The van der Waals surface area contributed by atoms with Crippen molar-refractivity contribution >= 4 is 22.4 Å². The van der Waals surface area contributed by atoms with Crippen molar-refractivity contribution in [3.8, 4) is 0 Å². The van der Waals surface area contributed by atoms with Gasteiger partial charge < -0.3 is 5.11 Å². The molecule has 82 valence electrons. The maximum absolute atomic E-state index is 9.99. The lowest BCUT2D eigenvalue weighted by Gasteiger charge is -2.23. The van der Waals surface area contributed by atoms with Crippen LogP contribution in [-0.4, -0.2) is 5.11 Å². The highest BCUT2D eigenvalue weighted by Crippen LogP contribution is 2.37. The van der Waals surface area contributed by atoms with Crippen LogP contribution in [0.2, 0.25) is 5.02 Å². The van der Waals surface area contributed by atoms with E-state index in [1.165, 1.54) is 10.9 Å². The quantitative estimate of drug-likeness (QED) is 0.731. The number of hydrogen-bond acceptors (Lipinski definition) is 1. The molecule has 0 heterocycles. The van der Waals surface area contributed by atoms with Gasteiger partial charge in [0.15, 0.2) is 0 Å². The van der Waals surface area contributed by atoms with Crippen LogP contribution < -0.4 is 0 Å². The molecule has 0 aromatic heterocycles. The Labute approximate surface area is 99.7 Å². The molecule has 0 spiro atoms. The second kappa shape index (κ2) is 3.76. The van der Waals surface area contributed by atoms with Crippen LogP contribution in [0.1, 0.15) is 30.1 Å². The number of benzene rings is 2. The molecule has 1 unspecified atom stereocenters. The van der Waals surface area contributed by atoms with Gasteiger partial charge in [0.05, 0.1) is 6.10 Å². The maximum Gasteiger partial charge on any atom is 0.0793 e. The third-order valence-corrected chi connectivity index (χ3v) is 3.72. The molecule has 2 aromatic rings. The van der Waals surface area contributed by atoms with E-state index in [4.69, 9.17) is 11.6 Å². The van der Waals surface area contributed by atoms with Gasteiger partial charge in [-0.15, -0.1) is 0 Å².